The highest BCUT2D eigenvalue weighted by atomic mass is 16.6. The zero-order chi connectivity index (χ0) is 15.6. The molecular weight excluding hydrogens is 262 g/mol. The van der Waals surface area contributed by atoms with Crippen LogP contribution < -0.4 is 5.43 Å². The van der Waals surface area contributed by atoms with Gasteiger partial charge in [-0.05, 0) is 34.6 Å². The Balaban J connectivity index is 0.00000400. The number of hydrogen-bond acceptors (Lipinski definition) is 5. The fourth-order valence-electron chi connectivity index (χ4n) is 1.84. The highest BCUT2D eigenvalue weighted by Crippen LogP contribution is 2.11. The quantitative estimate of drug-likeness (QED) is 0.777. The van der Waals surface area contributed by atoms with Gasteiger partial charge in [0.15, 0.2) is 0 Å². The van der Waals surface area contributed by atoms with E-state index < -0.39 is 17.3 Å². The van der Waals surface area contributed by atoms with E-state index in [0.29, 0.717) is 26.2 Å². The number of piperazine rings is 1. The van der Waals surface area contributed by atoms with E-state index in [1.165, 1.54) is 13.8 Å². The van der Waals surface area contributed by atoms with Crippen molar-refractivity contribution < 1.29 is 20.9 Å². The Morgan fingerprint density at radius 2 is 1.60 bits per heavy atom. The molecule has 0 saturated carbocycles. The second-order valence-electron chi connectivity index (χ2n) is 6.45. The van der Waals surface area contributed by atoms with Crippen molar-refractivity contribution in [2.45, 2.75) is 45.8 Å². The molecule has 20 heavy (non-hydrogen) atoms. The number of aliphatic hydroxyl groups is 1. The van der Waals surface area contributed by atoms with E-state index >= 15 is 0 Å². The summed E-state index contributed by atoms with van der Waals surface area (Å²) in [4.78, 5) is 25.1. The van der Waals surface area contributed by atoms with E-state index in [2.05, 4.69) is 5.43 Å². The largest absolute Gasteiger partial charge is 0.443 e. The van der Waals surface area contributed by atoms with Gasteiger partial charge in [-0.3, -0.25) is 10.2 Å². The number of ether oxygens (including phenoxy) is 1. The highest BCUT2D eigenvalue weighted by molar-refractivity contribution is 5.84. The SMILES string of the molecule is CC(C)(C)OC(=O)NN1CCN(C(=O)C(C)(C)O)CC1.[HH]. The van der Waals surface area contributed by atoms with Crippen LogP contribution in [-0.4, -0.2) is 64.4 Å². The minimum Gasteiger partial charge on any atom is -0.443 e. The van der Waals surface area contributed by atoms with Gasteiger partial charge in [-0.1, -0.05) is 0 Å². The minimum absolute atomic E-state index is 0. The van der Waals surface area contributed by atoms with Crippen LogP contribution in [0.3, 0.4) is 0 Å². The third-order valence-electron chi connectivity index (χ3n) is 2.74. The second kappa shape index (κ2) is 5.97. The van der Waals surface area contributed by atoms with Crippen LogP contribution in [0.5, 0.6) is 0 Å². The number of rotatable bonds is 2. The molecule has 0 aromatic heterocycles. The van der Waals surface area contributed by atoms with Gasteiger partial charge in [0.25, 0.3) is 5.91 Å². The summed E-state index contributed by atoms with van der Waals surface area (Å²) in [6.45, 7) is 10.3. The molecule has 2 amide bonds. The number of carbonyl (C=O) groups is 2. The number of hydrazine groups is 1. The van der Waals surface area contributed by atoms with Crippen LogP contribution in [0.25, 0.3) is 0 Å². The Morgan fingerprint density at radius 3 is 2.00 bits per heavy atom. The molecular formula is C13H27N3O4. The molecule has 0 spiro atoms. The highest BCUT2D eigenvalue weighted by Gasteiger charge is 2.32. The summed E-state index contributed by atoms with van der Waals surface area (Å²) in [6.07, 6.45) is -0.500. The molecule has 1 saturated heterocycles. The maximum absolute atomic E-state index is 11.9. The summed E-state index contributed by atoms with van der Waals surface area (Å²) >= 11 is 0. The summed E-state index contributed by atoms with van der Waals surface area (Å²) in [5.41, 5.74) is 0.746. The third-order valence-corrected chi connectivity index (χ3v) is 2.74. The van der Waals surface area contributed by atoms with Crippen molar-refractivity contribution >= 4 is 12.0 Å². The van der Waals surface area contributed by atoms with Gasteiger partial charge in [0, 0.05) is 27.6 Å². The van der Waals surface area contributed by atoms with Crippen LogP contribution in [0.2, 0.25) is 0 Å². The predicted molar refractivity (Wildman–Crippen MR) is 75.9 cm³/mol. The maximum atomic E-state index is 11.9. The van der Waals surface area contributed by atoms with Gasteiger partial charge >= 0.3 is 6.09 Å². The van der Waals surface area contributed by atoms with Crippen LogP contribution in [-0.2, 0) is 9.53 Å². The number of carbonyl (C=O) groups excluding carboxylic acids is 2. The standard InChI is InChI=1S/C13H25N3O4.H2/c1-12(2,3)20-11(18)14-16-8-6-15(7-9-16)10(17)13(4,5)19;/h19H,6-9H2,1-5H3,(H,14,18);1H. The summed E-state index contributed by atoms with van der Waals surface area (Å²) in [6, 6.07) is 0. The average Bonchev–Trinajstić information content (AvgIpc) is 2.25. The lowest BCUT2D eigenvalue weighted by Crippen LogP contribution is -2.58. The predicted octanol–water partition coefficient (Wildman–Crippen LogP) is 0.587. The van der Waals surface area contributed by atoms with E-state index in [1.807, 2.05) is 0 Å². The number of nitrogens with one attached hydrogen (secondary N) is 1. The maximum Gasteiger partial charge on any atom is 0.422 e. The Morgan fingerprint density at radius 1 is 1.10 bits per heavy atom. The smallest absolute Gasteiger partial charge is 0.422 e. The molecule has 0 aromatic rings. The molecule has 0 unspecified atom stereocenters. The molecule has 7 nitrogen and oxygen atoms in total. The van der Waals surface area contributed by atoms with E-state index in [9.17, 15) is 14.7 Å². The fourth-order valence-corrected chi connectivity index (χ4v) is 1.84. The number of amides is 2. The zero-order valence-electron chi connectivity index (χ0n) is 12.9. The minimum atomic E-state index is -1.36. The van der Waals surface area contributed by atoms with Crippen molar-refractivity contribution in [2.75, 3.05) is 26.2 Å². The molecule has 1 aliphatic rings. The first kappa shape index (κ1) is 16.7. The van der Waals surface area contributed by atoms with Gasteiger partial charge in [0.05, 0.1) is 0 Å². The first-order valence-electron chi connectivity index (χ1n) is 6.75. The van der Waals surface area contributed by atoms with Gasteiger partial charge in [-0.15, -0.1) is 0 Å². The van der Waals surface area contributed by atoms with Crippen molar-refractivity contribution in [1.82, 2.24) is 15.3 Å². The lowest BCUT2D eigenvalue weighted by atomic mass is 10.1. The molecule has 7 heteroatoms. The number of nitrogens with zero attached hydrogens (tertiary/aromatic N) is 2. The van der Waals surface area contributed by atoms with E-state index in [1.54, 1.807) is 30.7 Å². The Kier molecular flexibility index (Phi) is 4.99. The first-order chi connectivity index (χ1) is 8.99. The summed E-state index contributed by atoms with van der Waals surface area (Å²) in [7, 11) is 0. The molecule has 1 fully saturated rings. The van der Waals surface area contributed by atoms with E-state index in [4.69, 9.17) is 4.74 Å². The molecule has 118 valence electrons. The molecule has 0 aromatic carbocycles. The van der Waals surface area contributed by atoms with Crippen molar-refractivity contribution in [2.24, 2.45) is 0 Å². The van der Waals surface area contributed by atoms with Gasteiger partial charge in [0.1, 0.15) is 11.2 Å². The topological polar surface area (TPSA) is 82.1 Å². The fraction of sp³-hybridized carbons (Fsp3) is 0.846. The Bertz CT molecular complexity index is 369. The van der Waals surface area contributed by atoms with Crippen molar-refractivity contribution in [3.05, 3.63) is 0 Å². The van der Waals surface area contributed by atoms with Gasteiger partial charge in [-0.2, -0.15) is 0 Å². The van der Waals surface area contributed by atoms with Gasteiger partial charge in [0.2, 0.25) is 0 Å². The molecule has 1 aliphatic heterocycles. The summed E-state index contributed by atoms with van der Waals surface area (Å²) in [5.74, 6) is -0.297. The van der Waals surface area contributed by atoms with E-state index in [0.717, 1.165) is 0 Å². The Hall–Kier alpha value is -1.34. The molecule has 0 atom stereocenters. The van der Waals surface area contributed by atoms with Crippen molar-refractivity contribution in [1.29, 1.82) is 0 Å². The van der Waals surface area contributed by atoms with Crippen LogP contribution in [0, 0.1) is 0 Å². The van der Waals surface area contributed by atoms with Gasteiger partial charge in [-0.25, -0.2) is 9.80 Å². The van der Waals surface area contributed by atoms with Crippen LogP contribution in [0.15, 0.2) is 0 Å². The molecule has 0 aliphatic carbocycles. The van der Waals surface area contributed by atoms with Gasteiger partial charge < -0.3 is 14.7 Å². The second-order valence-corrected chi connectivity index (χ2v) is 6.45. The van der Waals surface area contributed by atoms with Crippen LogP contribution in [0.4, 0.5) is 4.79 Å². The Labute approximate surface area is 121 Å². The summed E-state index contributed by atoms with van der Waals surface area (Å²) < 4.78 is 5.16. The first-order valence-corrected chi connectivity index (χ1v) is 6.75. The summed E-state index contributed by atoms with van der Waals surface area (Å²) in [5, 5.41) is 11.4. The molecule has 0 radical (unpaired) electrons. The molecule has 1 heterocycles. The molecule has 0 bridgehead atoms. The number of hydrogen-bond donors (Lipinski definition) is 2. The van der Waals surface area contributed by atoms with Crippen LogP contribution in [0.1, 0.15) is 36.0 Å². The van der Waals surface area contributed by atoms with Crippen molar-refractivity contribution in [3.8, 4) is 0 Å². The molecule has 2 N–H and O–H groups in total. The normalized spacial score (nSPS) is 17.8. The monoisotopic (exact) mass is 289 g/mol. The van der Waals surface area contributed by atoms with Crippen LogP contribution >= 0.6 is 0 Å². The zero-order valence-corrected chi connectivity index (χ0v) is 12.9. The lowest BCUT2D eigenvalue weighted by molar-refractivity contribution is -0.150. The average molecular weight is 289 g/mol. The van der Waals surface area contributed by atoms with E-state index in [-0.39, 0.29) is 7.33 Å². The van der Waals surface area contributed by atoms with Crippen molar-refractivity contribution in [3.63, 3.8) is 0 Å². The molecule has 1 rings (SSSR count). The third kappa shape index (κ3) is 5.34. The lowest BCUT2D eigenvalue weighted by Gasteiger charge is -2.37.